The molecule has 0 aliphatic carbocycles. The zero-order valence-corrected chi connectivity index (χ0v) is 15.7. The molecule has 0 aliphatic heterocycles. The fourth-order valence-electron chi connectivity index (χ4n) is 1.96. The zero-order chi connectivity index (χ0) is 17.5. The number of nitrogens with one attached hydrogen (secondary N) is 2. The normalized spacial score (nSPS) is 12.5. The van der Waals surface area contributed by atoms with Gasteiger partial charge in [-0.2, -0.15) is 5.10 Å². The molecule has 8 heteroatoms. The molecular formula is C16H18BrN3O3S. The Bertz CT molecular complexity index is 710. The minimum absolute atomic E-state index is 0.0646. The molecule has 128 valence electrons. The van der Waals surface area contributed by atoms with E-state index in [1.807, 2.05) is 31.4 Å². The molecule has 1 unspecified atom stereocenters. The van der Waals surface area contributed by atoms with E-state index in [0.29, 0.717) is 10.4 Å². The van der Waals surface area contributed by atoms with Gasteiger partial charge in [0.05, 0.1) is 12.6 Å². The lowest BCUT2D eigenvalue weighted by Gasteiger charge is -2.20. The summed E-state index contributed by atoms with van der Waals surface area (Å²) in [6, 6.07) is 6.56. The number of rotatable bonds is 7. The maximum Gasteiger partial charge on any atom is 0.262 e. The predicted molar refractivity (Wildman–Crippen MR) is 96.9 cm³/mol. The molecule has 0 aromatic carbocycles. The molecule has 2 amide bonds. The van der Waals surface area contributed by atoms with Crippen LogP contribution in [0.5, 0.6) is 0 Å². The monoisotopic (exact) mass is 411 g/mol. The third-order valence-electron chi connectivity index (χ3n) is 3.14. The summed E-state index contributed by atoms with van der Waals surface area (Å²) in [4.78, 5) is 25.3. The Morgan fingerprint density at radius 3 is 2.75 bits per heavy atom. The van der Waals surface area contributed by atoms with Crippen LogP contribution in [0.4, 0.5) is 0 Å². The first kappa shape index (κ1) is 18.4. The zero-order valence-electron chi connectivity index (χ0n) is 13.3. The van der Waals surface area contributed by atoms with Gasteiger partial charge < -0.3 is 9.73 Å². The van der Waals surface area contributed by atoms with Gasteiger partial charge in [0.2, 0.25) is 5.91 Å². The minimum atomic E-state index is -0.655. The van der Waals surface area contributed by atoms with E-state index in [1.165, 1.54) is 17.6 Å². The smallest absolute Gasteiger partial charge is 0.262 e. The van der Waals surface area contributed by atoms with Gasteiger partial charge in [-0.15, -0.1) is 11.3 Å². The van der Waals surface area contributed by atoms with Crippen LogP contribution in [0.25, 0.3) is 0 Å². The number of nitrogens with zero attached hydrogens (tertiary/aromatic N) is 1. The van der Waals surface area contributed by atoms with Gasteiger partial charge >= 0.3 is 0 Å². The Morgan fingerprint density at radius 2 is 2.17 bits per heavy atom. The number of hydrogen-bond acceptors (Lipinski definition) is 5. The molecule has 2 aromatic rings. The summed E-state index contributed by atoms with van der Waals surface area (Å²) in [5.74, 6) is -0.119. The molecule has 0 radical (unpaired) electrons. The van der Waals surface area contributed by atoms with Gasteiger partial charge in [0.25, 0.3) is 5.91 Å². The third-order valence-corrected chi connectivity index (χ3v) is 4.44. The fourth-order valence-corrected chi connectivity index (χ4v) is 2.98. The second kappa shape index (κ2) is 8.79. The van der Waals surface area contributed by atoms with Crippen LogP contribution in [0.15, 0.2) is 43.8 Å². The van der Waals surface area contributed by atoms with E-state index in [2.05, 4.69) is 31.8 Å². The molecule has 1 atom stereocenters. The van der Waals surface area contributed by atoms with Crippen molar-refractivity contribution in [3.05, 3.63) is 45.0 Å². The first-order valence-corrected chi connectivity index (χ1v) is 9.03. The highest BCUT2D eigenvalue weighted by atomic mass is 79.9. The fraction of sp³-hybridized carbons (Fsp3) is 0.312. The number of carbonyl (C=O) groups excluding carboxylic acids is 2. The van der Waals surface area contributed by atoms with Crippen molar-refractivity contribution in [1.82, 2.24) is 10.7 Å². The summed E-state index contributed by atoms with van der Waals surface area (Å²) < 4.78 is 5.82. The Hall–Kier alpha value is -1.93. The highest BCUT2D eigenvalue weighted by molar-refractivity contribution is 9.10. The van der Waals surface area contributed by atoms with E-state index in [4.69, 9.17) is 4.42 Å². The maximum atomic E-state index is 12.2. The van der Waals surface area contributed by atoms with Crippen molar-refractivity contribution in [3.8, 4) is 0 Å². The van der Waals surface area contributed by atoms with Gasteiger partial charge in [-0.1, -0.05) is 19.9 Å². The number of amides is 2. The Balaban J connectivity index is 1.89. The summed E-state index contributed by atoms with van der Waals surface area (Å²) in [6.07, 6.45) is 1.66. The van der Waals surface area contributed by atoms with E-state index >= 15 is 0 Å². The Morgan fingerprint density at radius 1 is 1.38 bits per heavy atom. The molecule has 24 heavy (non-hydrogen) atoms. The molecule has 0 saturated carbocycles. The quantitative estimate of drug-likeness (QED) is 0.542. The molecule has 0 bridgehead atoms. The number of hydrazone groups is 1. The molecule has 6 nitrogen and oxygen atoms in total. The largest absolute Gasteiger partial charge is 0.448 e. The number of thiophene rings is 1. The van der Waals surface area contributed by atoms with Crippen molar-refractivity contribution in [2.24, 2.45) is 11.0 Å². The summed E-state index contributed by atoms with van der Waals surface area (Å²) in [5, 5.41) is 8.52. The number of halogens is 1. The molecule has 2 aromatic heterocycles. The molecule has 0 saturated heterocycles. The van der Waals surface area contributed by atoms with Crippen LogP contribution in [-0.2, 0) is 16.0 Å². The second-order valence-electron chi connectivity index (χ2n) is 5.42. The van der Waals surface area contributed by atoms with E-state index < -0.39 is 6.04 Å². The summed E-state index contributed by atoms with van der Waals surface area (Å²) in [7, 11) is 0. The van der Waals surface area contributed by atoms with Crippen LogP contribution in [0.3, 0.4) is 0 Å². The van der Waals surface area contributed by atoms with Gasteiger partial charge in [-0.05, 0) is 45.4 Å². The van der Waals surface area contributed by atoms with E-state index in [1.54, 1.807) is 12.1 Å². The van der Waals surface area contributed by atoms with E-state index in [0.717, 1.165) is 4.88 Å². The number of hydrogen-bond donors (Lipinski definition) is 2. The molecule has 0 aliphatic rings. The molecular weight excluding hydrogens is 394 g/mol. The van der Waals surface area contributed by atoms with Crippen molar-refractivity contribution < 1.29 is 14.0 Å². The summed E-state index contributed by atoms with van der Waals surface area (Å²) >= 11 is 4.69. The highest BCUT2D eigenvalue weighted by Crippen LogP contribution is 2.12. The van der Waals surface area contributed by atoms with Gasteiger partial charge in [0.15, 0.2) is 4.67 Å². The van der Waals surface area contributed by atoms with Gasteiger partial charge in [-0.25, -0.2) is 5.43 Å². The van der Waals surface area contributed by atoms with Crippen molar-refractivity contribution in [3.63, 3.8) is 0 Å². The lowest BCUT2D eigenvalue weighted by molar-refractivity contribution is -0.129. The van der Waals surface area contributed by atoms with Crippen LogP contribution in [0, 0.1) is 5.92 Å². The van der Waals surface area contributed by atoms with Crippen molar-refractivity contribution >= 4 is 45.3 Å². The van der Waals surface area contributed by atoms with Crippen molar-refractivity contribution in [2.45, 2.75) is 26.3 Å². The van der Waals surface area contributed by atoms with Gasteiger partial charge in [0, 0.05) is 4.88 Å². The predicted octanol–water partition coefficient (Wildman–Crippen LogP) is 2.94. The number of carbonyl (C=O) groups is 2. The molecule has 2 rings (SSSR count). The van der Waals surface area contributed by atoms with Crippen molar-refractivity contribution in [2.75, 3.05) is 0 Å². The maximum absolute atomic E-state index is 12.2. The minimum Gasteiger partial charge on any atom is -0.448 e. The summed E-state index contributed by atoms with van der Waals surface area (Å²) in [5.41, 5.74) is 2.43. The molecule has 2 heterocycles. The Kier molecular flexibility index (Phi) is 6.74. The average molecular weight is 412 g/mol. The Labute approximate surface area is 152 Å². The van der Waals surface area contributed by atoms with Crippen LogP contribution < -0.4 is 10.7 Å². The topological polar surface area (TPSA) is 83.7 Å². The molecule has 0 spiro atoms. The lowest BCUT2D eigenvalue weighted by atomic mass is 10.0. The lowest BCUT2D eigenvalue weighted by Crippen LogP contribution is -2.49. The van der Waals surface area contributed by atoms with Crippen LogP contribution in [0.1, 0.15) is 24.5 Å². The third kappa shape index (κ3) is 5.61. The van der Waals surface area contributed by atoms with Gasteiger partial charge in [-0.3, -0.25) is 9.59 Å². The standard InChI is InChI=1S/C16H18BrN3O3S/c1-10(2)15(19-14(21)8-12-4-3-7-24-12)16(22)20-18-9-11-5-6-13(17)23-11/h3-7,9-10,15H,8H2,1-2H3,(H,19,21)(H,20,22)/b18-9-. The first-order chi connectivity index (χ1) is 11.5. The molecule has 0 fully saturated rings. The van der Waals surface area contributed by atoms with Gasteiger partial charge in [0.1, 0.15) is 11.8 Å². The van der Waals surface area contributed by atoms with E-state index in [9.17, 15) is 9.59 Å². The molecule has 2 N–H and O–H groups in total. The van der Waals surface area contributed by atoms with E-state index in [-0.39, 0.29) is 24.2 Å². The average Bonchev–Trinajstić information content (AvgIpc) is 3.16. The number of furan rings is 1. The van der Waals surface area contributed by atoms with Crippen LogP contribution >= 0.6 is 27.3 Å². The second-order valence-corrected chi connectivity index (χ2v) is 7.24. The summed E-state index contributed by atoms with van der Waals surface area (Å²) in [6.45, 7) is 3.73. The van der Waals surface area contributed by atoms with Crippen LogP contribution in [-0.4, -0.2) is 24.1 Å². The highest BCUT2D eigenvalue weighted by Gasteiger charge is 2.24. The van der Waals surface area contributed by atoms with Crippen molar-refractivity contribution in [1.29, 1.82) is 0 Å². The SMILES string of the molecule is CC(C)C(NC(=O)Cc1cccs1)C(=O)N/N=C\c1ccc(Br)o1. The first-order valence-electron chi connectivity index (χ1n) is 7.35. The van der Waals surface area contributed by atoms with Crippen LogP contribution in [0.2, 0.25) is 0 Å².